The highest BCUT2D eigenvalue weighted by Gasteiger charge is 2.20. The van der Waals surface area contributed by atoms with E-state index in [4.69, 9.17) is 4.74 Å². The van der Waals surface area contributed by atoms with Gasteiger partial charge in [0.2, 0.25) is 0 Å². The van der Waals surface area contributed by atoms with E-state index in [1.165, 1.54) is 18.9 Å². The van der Waals surface area contributed by atoms with E-state index in [1.54, 1.807) is 18.2 Å². The molecule has 0 unspecified atom stereocenters. The van der Waals surface area contributed by atoms with Gasteiger partial charge in [-0.1, -0.05) is 18.2 Å². The largest absolute Gasteiger partial charge is 0.461 e. The molecule has 1 aromatic rings. The fourth-order valence-corrected chi connectivity index (χ4v) is 1.51. The second kappa shape index (κ2) is 5.77. The number of nitrogens with one attached hydrogen (secondary N) is 1. The molecule has 0 saturated heterocycles. The van der Waals surface area contributed by atoms with E-state index in [2.05, 4.69) is 5.32 Å². The number of hydrogen-bond acceptors (Lipinski definition) is 3. The maximum atomic E-state index is 13.2. The van der Waals surface area contributed by atoms with Gasteiger partial charge in [-0.25, -0.2) is 4.39 Å². The molecular weight excluding hydrogens is 221 g/mol. The number of esters is 1. The summed E-state index contributed by atoms with van der Waals surface area (Å²) < 4.78 is 18.2. The first kappa shape index (κ1) is 12.0. The molecule has 1 saturated carbocycles. The van der Waals surface area contributed by atoms with Gasteiger partial charge in [0.25, 0.3) is 0 Å². The Morgan fingerprint density at radius 3 is 2.88 bits per heavy atom. The number of carbonyl (C=O) groups is 1. The molecule has 92 valence electrons. The molecule has 2 rings (SSSR count). The SMILES string of the molecule is O=C(CCNC1CC1)OCc1ccccc1F. The highest BCUT2D eigenvalue weighted by molar-refractivity contribution is 5.69. The standard InChI is InChI=1S/C13H16FNO2/c14-12-4-2-1-3-10(12)9-17-13(16)7-8-15-11-5-6-11/h1-4,11,15H,5-9H2. The monoisotopic (exact) mass is 237 g/mol. The van der Waals surface area contributed by atoms with Crippen molar-refractivity contribution in [2.75, 3.05) is 6.54 Å². The van der Waals surface area contributed by atoms with Crippen LogP contribution >= 0.6 is 0 Å². The minimum Gasteiger partial charge on any atom is -0.461 e. The Hall–Kier alpha value is -1.42. The van der Waals surface area contributed by atoms with Gasteiger partial charge in [-0.2, -0.15) is 0 Å². The van der Waals surface area contributed by atoms with Gasteiger partial charge in [-0.3, -0.25) is 4.79 Å². The first-order valence-corrected chi connectivity index (χ1v) is 5.88. The van der Waals surface area contributed by atoms with E-state index in [9.17, 15) is 9.18 Å². The molecule has 0 spiro atoms. The number of rotatable bonds is 6. The van der Waals surface area contributed by atoms with Crippen molar-refractivity contribution < 1.29 is 13.9 Å². The zero-order valence-electron chi connectivity index (χ0n) is 9.62. The van der Waals surface area contributed by atoms with Crippen LogP contribution < -0.4 is 5.32 Å². The molecule has 0 amide bonds. The van der Waals surface area contributed by atoms with Crippen LogP contribution in [0.3, 0.4) is 0 Å². The van der Waals surface area contributed by atoms with Crippen LogP contribution in [0.25, 0.3) is 0 Å². The van der Waals surface area contributed by atoms with Gasteiger partial charge < -0.3 is 10.1 Å². The number of benzene rings is 1. The van der Waals surface area contributed by atoms with Gasteiger partial charge in [0.15, 0.2) is 0 Å². The van der Waals surface area contributed by atoms with E-state index in [0.717, 1.165) is 0 Å². The first-order valence-electron chi connectivity index (χ1n) is 5.88. The molecule has 1 aromatic carbocycles. The second-order valence-electron chi connectivity index (χ2n) is 4.23. The van der Waals surface area contributed by atoms with Crippen molar-refractivity contribution in [3.05, 3.63) is 35.6 Å². The number of hydrogen-bond donors (Lipinski definition) is 1. The van der Waals surface area contributed by atoms with E-state index < -0.39 is 0 Å². The Morgan fingerprint density at radius 2 is 2.18 bits per heavy atom. The summed E-state index contributed by atoms with van der Waals surface area (Å²) in [5.41, 5.74) is 0.413. The van der Waals surface area contributed by atoms with Gasteiger partial charge in [-0.15, -0.1) is 0 Å². The summed E-state index contributed by atoms with van der Waals surface area (Å²) in [6, 6.07) is 6.90. The maximum absolute atomic E-state index is 13.2. The molecule has 4 heteroatoms. The molecule has 3 nitrogen and oxygen atoms in total. The van der Waals surface area contributed by atoms with Gasteiger partial charge in [0.1, 0.15) is 12.4 Å². The van der Waals surface area contributed by atoms with E-state index in [-0.39, 0.29) is 18.4 Å². The molecule has 1 fully saturated rings. The third-order valence-corrected chi connectivity index (χ3v) is 2.69. The maximum Gasteiger partial charge on any atom is 0.307 e. The summed E-state index contributed by atoms with van der Waals surface area (Å²) in [5, 5.41) is 3.22. The minimum absolute atomic E-state index is 0.00886. The molecule has 17 heavy (non-hydrogen) atoms. The zero-order chi connectivity index (χ0) is 12.1. The normalized spacial score (nSPS) is 14.6. The van der Waals surface area contributed by atoms with Crippen LogP contribution in [0.4, 0.5) is 4.39 Å². The molecular formula is C13H16FNO2. The summed E-state index contributed by atoms with van der Waals surface area (Å²) in [4.78, 5) is 11.3. The minimum atomic E-state index is -0.337. The fraction of sp³-hybridized carbons (Fsp3) is 0.462. The molecule has 0 heterocycles. The lowest BCUT2D eigenvalue weighted by Crippen LogP contribution is -2.21. The Morgan fingerprint density at radius 1 is 1.41 bits per heavy atom. The second-order valence-corrected chi connectivity index (χ2v) is 4.23. The lowest BCUT2D eigenvalue weighted by molar-refractivity contribution is -0.144. The van der Waals surface area contributed by atoms with Crippen LogP contribution in [0.2, 0.25) is 0 Å². The molecule has 0 radical (unpaired) electrons. The summed E-state index contributed by atoms with van der Waals surface area (Å²) >= 11 is 0. The quantitative estimate of drug-likeness (QED) is 0.769. The van der Waals surface area contributed by atoms with Crippen LogP contribution in [-0.2, 0) is 16.1 Å². The third-order valence-electron chi connectivity index (χ3n) is 2.69. The van der Waals surface area contributed by atoms with Crippen LogP contribution in [0, 0.1) is 5.82 Å². The number of ether oxygens (including phenoxy) is 1. The summed E-state index contributed by atoms with van der Waals surface area (Å²) in [6.45, 7) is 0.649. The first-order chi connectivity index (χ1) is 8.25. The molecule has 0 atom stereocenters. The third kappa shape index (κ3) is 4.15. The summed E-state index contributed by atoms with van der Waals surface area (Å²) in [6.07, 6.45) is 2.74. The molecule has 1 N–H and O–H groups in total. The average Bonchev–Trinajstić information content (AvgIpc) is 3.12. The average molecular weight is 237 g/mol. The summed E-state index contributed by atoms with van der Waals surface area (Å²) in [5.74, 6) is -0.627. The van der Waals surface area contributed by atoms with Crippen molar-refractivity contribution in [1.29, 1.82) is 0 Å². The van der Waals surface area contributed by atoms with Crippen molar-refractivity contribution in [2.24, 2.45) is 0 Å². The summed E-state index contributed by atoms with van der Waals surface area (Å²) in [7, 11) is 0. The number of halogens is 1. The van der Waals surface area contributed by atoms with Crippen LogP contribution in [0.5, 0.6) is 0 Å². The van der Waals surface area contributed by atoms with Crippen LogP contribution in [-0.4, -0.2) is 18.6 Å². The predicted molar refractivity (Wildman–Crippen MR) is 61.8 cm³/mol. The smallest absolute Gasteiger partial charge is 0.307 e. The van der Waals surface area contributed by atoms with E-state index >= 15 is 0 Å². The van der Waals surface area contributed by atoms with Crippen molar-refractivity contribution in [2.45, 2.75) is 31.9 Å². The van der Waals surface area contributed by atoms with E-state index in [0.29, 0.717) is 24.6 Å². The van der Waals surface area contributed by atoms with Crippen LogP contribution in [0.15, 0.2) is 24.3 Å². The zero-order valence-corrected chi connectivity index (χ0v) is 9.62. The topological polar surface area (TPSA) is 38.3 Å². The molecule has 0 aromatic heterocycles. The Balaban J connectivity index is 1.66. The molecule has 1 aliphatic carbocycles. The highest BCUT2D eigenvalue weighted by Crippen LogP contribution is 2.18. The van der Waals surface area contributed by atoms with Gasteiger partial charge >= 0.3 is 5.97 Å². The lowest BCUT2D eigenvalue weighted by atomic mass is 10.2. The predicted octanol–water partition coefficient (Wildman–Crippen LogP) is 2.01. The van der Waals surface area contributed by atoms with Crippen molar-refractivity contribution in [3.63, 3.8) is 0 Å². The fourth-order valence-electron chi connectivity index (χ4n) is 1.51. The number of carbonyl (C=O) groups excluding carboxylic acids is 1. The lowest BCUT2D eigenvalue weighted by Gasteiger charge is -2.06. The van der Waals surface area contributed by atoms with Crippen molar-refractivity contribution >= 4 is 5.97 Å². The van der Waals surface area contributed by atoms with Crippen LogP contribution in [0.1, 0.15) is 24.8 Å². The van der Waals surface area contributed by atoms with Crippen molar-refractivity contribution in [1.82, 2.24) is 5.32 Å². The van der Waals surface area contributed by atoms with Gasteiger partial charge in [0.05, 0.1) is 6.42 Å². The Bertz CT molecular complexity index is 391. The Labute approximate surface area is 100.0 Å². The molecule has 0 aliphatic heterocycles. The van der Waals surface area contributed by atoms with E-state index in [1.807, 2.05) is 0 Å². The van der Waals surface area contributed by atoms with Crippen molar-refractivity contribution in [3.8, 4) is 0 Å². The van der Waals surface area contributed by atoms with Gasteiger partial charge in [0, 0.05) is 18.2 Å². The highest BCUT2D eigenvalue weighted by atomic mass is 19.1. The Kier molecular flexibility index (Phi) is 4.09. The molecule has 0 bridgehead atoms. The molecule has 1 aliphatic rings. The van der Waals surface area contributed by atoms with Gasteiger partial charge in [-0.05, 0) is 18.9 Å².